The van der Waals surface area contributed by atoms with Crippen LogP contribution in [0.4, 0.5) is 4.79 Å². The van der Waals surface area contributed by atoms with Crippen LogP contribution in [0.25, 0.3) is 0 Å². The fraction of sp³-hybridized carbons (Fsp3) is 0.857. The summed E-state index contributed by atoms with van der Waals surface area (Å²) in [6.45, 7) is 11.4. The molecular weight excluding hydrogens is 262 g/mol. The van der Waals surface area contributed by atoms with E-state index < -0.39 is 17.4 Å². The van der Waals surface area contributed by atoms with Crippen molar-refractivity contribution in [3.8, 4) is 0 Å². The smallest absolute Gasteiger partial charge is 0.412 e. The fourth-order valence-electron chi connectivity index (χ4n) is 2.06. The Kier molecular flexibility index (Phi) is 5.02. The zero-order valence-corrected chi connectivity index (χ0v) is 13.2. The molecule has 0 bridgehead atoms. The average Bonchev–Trinajstić information content (AvgIpc) is 2.50. The summed E-state index contributed by atoms with van der Waals surface area (Å²) >= 11 is 0. The van der Waals surface area contributed by atoms with Crippen LogP contribution in [0.1, 0.15) is 48.0 Å². The number of amides is 1. The van der Waals surface area contributed by atoms with Gasteiger partial charge in [0.2, 0.25) is 0 Å². The molecule has 0 aromatic heterocycles. The highest BCUT2D eigenvalue weighted by atomic mass is 16.6. The SMILES string of the molecule is CCOC(=O)C[C@@H]1CN(C(=O)OC(C)(C)C)C(C)(C)O1. The number of carbonyl (C=O) groups excluding carboxylic acids is 2. The summed E-state index contributed by atoms with van der Waals surface area (Å²) in [5.41, 5.74) is -1.36. The van der Waals surface area contributed by atoms with Crippen LogP contribution in [-0.4, -0.2) is 47.5 Å². The Balaban J connectivity index is 2.65. The van der Waals surface area contributed by atoms with Crippen molar-refractivity contribution < 1.29 is 23.8 Å². The van der Waals surface area contributed by atoms with Crippen molar-refractivity contribution in [3.63, 3.8) is 0 Å². The molecule has 0 aliphatic carbocycles. The molecule has 1 aliphatic heterocycles. The molecule has 0 aromatic carbocycles. The van der Waals surface area contributed by atoms with Crippen LogP contribution in [0.2, 0.25) is 0 Å². The highest BCUT2D eigenvalue weighted by molar-refractivity contribution is 5.71. The number of carbonyl (C=O) groups is 2. The van der Waals surface area contributed by atoms with Crippen molar-refractivity contribution in [2.75, 3.05) is 13.2 Å². The van der Waals surface area contributed by atoms with Gasteiger partial charge in [-0.25, -0.2) is 4.79 Å². The maximum absolute atomic E-state index is 12.1. The van der Waals surface area contributed by atoms with Crippen molar-refractivity contribution in [2.45, 2.75) is 65.4 Å². The molecule has 6 nitrogen and oxygen atoms in total. The number of rotatable bonds is 3. The largest absolute Gasteiger partial charge is 0.466 e. The molecular formula is C14H25NO5. The average molecular weight is 287 g/mol. The van der Waals surface area contributed by atoms with Crippen LogP contribution in [-0.2, 0) is 19.0 Å². The Morgan fingerprint density at radius 1 is 1.35 bits per heavy atom. The predicted octanol–water partition coefficient (Wildman–Crippen LogP) is 2.31. The van der Waals surface area contributed by atoms with Crippen molar-refractivity contribution in [3.05, 3.63) is 0 Å². The third-order valence-corrected chi connectivity index (χ3v) is 2.80. The van der Waals surface area contributed by atoms with Crippen LogP contribution in [0.15, 0.2) is 0 Å². The van der Waals surface area contributed by atoms with Gasteiger partial charge in [-0.2, -0.15) is 0 Å². The van der Waals surface area contributed by atoms with E-state index in [0.717, 1.165) is 0 Å². The van der Waals surface area contributed by atoms with E-state index in [1.807, 2.05) is 20.8 Å². The topological polar surface area (TPSA) is 65.1 Å². The molecule has 0 spiro atoms. The van der Waals surface area contributed by atoms with Gasteiger partial charge in [0.15, 0.2) is 0 Å². The Morgan fingerprint density at radius 2 is 1.95 bits per heavy atom. The first-order valence-electron chi connectivity index (χ1n) is 6.89. The first kappa shape index (κ1) is 16.8. The van der Waals surface area contributed by atoms with Gasteiger partial charge < -0.3 is 14.2 Å². The minimum Gasteiger partial charge on any atom is -0.466 e. The van der Waals surface area contributed by atoms with E-state index in [0.29, 0.717) is 13.2 Å². The molecule has 0 saturated carbocycles. The first-order chi connectivity index (χ1) is 9.05. The molecule has 0 radical (unpaired) electrons. The van der Waals surface area contributed by atoms with E-state index in [1.54, 1.807) is 20.8 Å². The van der Waals surface area contributed by atoms with E-state index in [2.05, 4.69) is 0 Å². The quantitative estimate of drug-likeness (QED) is 0.745. The van der Waals surface area contributed by atoms with Crippen molar-refractivity contribution in [1.29, 1.82) is 0 Å². The zero-order valence-electron chi connectivity index (χ0n) is 13.2. The predicted molar refractivity (Wildman–Crippen MR) is 73.1 cm³/mol. The molecule has 1 rings (SSSR count). The van der Waals surface area contributed by atoms with E-state index >= 15 is 0 Å². The van der Waals surface area contributed by atoms with Crippen LogP contribution in [0.5, 0.6) is 0 Å². The summed E-state index contributed by atoms with van der Waals surface area (Å²) in [6, 6.07) is 0. The molecule has 0 aromatic rings. The van der Waals surface area contributed by atoms with E-state index in [4.69, 9.17) is 14.2 Å². The highest BCUT2D eigenvalue weighted by Crippen LogP contribution is 2.30. The van der Waals surface area contributed by atoms with Crippen molar-refractivity contribution >= 4 is 12.1 Å². The minimum atomic E-state index is -0.792. The van der Waals surface area contributed by atoms with Gasteiger partial charge in [0.25, 0.3) is 0 Å². The van der Waals surface area contributed by atoms with Crippen LogP contribution in [0, 0.1) is 0 Å². The Labute approximate surface area is 120 Å². The van der Waals surface area contributed by atoms with Crippen LogP contribution >= 0.6 is 0 Å². The zero-order chi connectivity index (χ0) is 15.6. The lowest BCUT2D eigenvalue weighted by molar-refractivity contribution is -0.147. The van der Waals surface area contributed by atoms with Gasteiger partial charge in [-0.3, -0.25) is 9.69 Å². The number of hydrogen-bond acceptors (Lipinski definition) is 5. The maximum Gasteiger partial charge on any atom is 0.412 e. The van der Waals surface area contributed by atoms with Gasteiger partial charge in [0.05, 0.1) is 25.7 Å². The van der Waals surface area contributed by atoms with Crippen molar-refractivity contribution in [1.82, 2.24) is 4.90 Å². The van der Waals surface area contributed by atoms with Gasteiger partial charge in [-0.15, -0.1) is 0 Å². The van der Waals surface area contributed by atoms with E-state index in [-0.39, 0.29) is 18.5 Å². The Morgan fingerprint density at radius 3 is 2.45 bits per heavy atom. The molecule has 0 unspecified atom stereocenters. The number of nitrogens with zero attached hydrogens (tertiary/aromatic N) is 1. The van der Waals surface area contributed by atoms with Crippen molar-refractivity contribution in [2.24, 2.45) is 0 Å². The second kappa shape index (κ2) is 5.99. The number of ether oxygens (including phenoxy) is 3. The lowest BCUT2D eigenvalue weighted by Gasteiger charge is -2.31. The monoisotopic (exact) mass is 287 g/mol. The molecule has 116 valence electrons. The van der Waals surface area contributed by atoms with E-state index in [9.17, 15) is 9.59 Å². The summed E-state index contributed by atoms with van der Waals surface area (Å²) in [5, 5.41) is 0. The molecule has 1 saturated heterocycles. The van der Waals surface area contributed by atoms with Crippen LogP contribution in [0.3, 0.4) is 0 Å². The van der Waals surface area contributed by atoms with Gasteiger partial charge in [0, 0.05) is 0 Å². The third-order valence-electron chi connectivity index (χ3n) is 2.80. The lowest BCUT2D eigenvalue weighted by atomic mass is 10.2. The normalized spacial score (nSPS) is 21.7. The summed E-state index contributed by atoms with van der Waals surface area (Å²) in [4.78, 5) is 25.1. The summed E-state index contributed by atoms with van der Waals surface area (Å²) in [7, 11) is 0. The second-order valence-electron chi connectivity index (χ2n) is 6.29. The molecule has 0 N–H and O–H groups in total. The molecule has 1 amide bonds. The van der Waals surface area contributed by atoms with Crippen LogP contribution < -0.4 is 0 Å². The minimum absolute atomic E-state index is 0.135. The fourth-order valence-corrected chi connectivity index (χ4v) is 2.06. The number of esters is 1. The third kappa shape index (κ3) is 4.67. The molecule has 1 atom stereocenters. The van der Waals surface area contributed by atoms with Gasteiger partial charge in [0.1, 0.15) is 11.3 Å². The van der Waals surface area contributed by atoms with Gasteiger partial charge in [-0.05, 0) is 41.5 Å². The summed E-state index contributed by atoms with van der Waals surface area (Å²) in [5.74, 6) is -0.320. The molecule has 6 heteroatoms. The molecule has 20 heavy (non-hydrogen) atoms. The van der Waals surface area contributed by atoms with Gasteiger partial charge in [-0.1, -0.05) is 0 Å². The summed E-state index contributed by atoms with van der Waals surface area (Å²) < 4.78 is 16.0. The number of hydrogen-bond donors (Lipinski definition) is 0. The molecule has 1 heterocycles. The summed E-state index contributed by atoms with van der Waals surface area (Å²) in [6.07, 6.45) is -0.665. The first-order valence-corrected chi connectivity index (χ1v) is 6.89. The maximum atomic E-state index is 12.1. The highest BCUT2D eigenvalue weighted by Gasteiger charge is 2.44. The molecule has 1 aliphatic rings. The Bertz CT molecular complexity index is 372. The second-order valence-corrected chi connectivity index (χ2v) is 6.29. The Hall–Kier alpha value is -1.30. The van der Waals surface area contributed by atoms with Gasteiger partial charge >= 0.3 is 12.1 Å². The standard InChI is InChI=1S/C14H25NO5/c1-7-18-11(16)8-10-9-15(14(5,6)19-10)12(17)20-13(2,3)4/h10H,7-9H2,1-6H3/t10-/m1/s1. The molecule has 1 fully saturated rings. The lowest BCUT2D eigenvalue weighted by Crippen LogP contribution is -2.46. The van der Waals surface area contributed by atoms with E-state index in [1.165, 1.54) is 4.90 Å².